The summed E-state index contributed by atoms with van der Waals surface area (Å²) in [6.45, 7) is 15.7. The van der Waals surface area contributed by atoms with Crippen molar-refractivity contribution in [3.8, 4) is 0 Å². The van der Waals surface area contributed by atoms with Gasteiger partial charge in [0.25, 0.3) is 0 Å². The van der Waals surface area contributed by atoms with E-state index in [1.54, 1.807) is 0 Å². The fraction of sp³-hybridized carbons (Fsp3) is 0.625. The second-order valence-corrected chi connectivity index (χ2v) is 11.9. The zero-order chi connectivity index (χ0) is 15.2. The van der Waals surface area contributed by atoms with Gasteiger partial charge in [0.15, 0.2) is 14.0 Å². The van der Waals surface area contributed by atoms with Gasteiger partial charge in [-0.1, -0.05) is 45.9 Å². The van der Waals surface area contributed by atoms with Crippen LogP contribution < -0.4 is 0 Å². The quantitative estimate of drug-likeness (QED) is 0.521. The van der Waals surface area contributed by atoms with E-state index >= 15 is 0 Å². The molecule has 4 heteroatoms. The first-order chi connectivity index (χ1) is 9.04. The fourth-order valence-corrected chi connectivity index (χ4v) is 6.16. The Bertz CT molecular complexity index is 523. The maximum absolute atomic E-state index is 6.47. The number of hydrogen-bond donors (Lipinski definition) is 0. The van der Waals surface area contributed by atoms with Gasteiger partial charge < -0.3 is 4.43 Å². The molecule has 1 aromatic carbocycles. The van der Waals surface area contributed by atoms with E-state index in [1.807, 2.05) is 30.3 Å². The van der Waals surface area contributed by atoms with Gasteiger partial charge in [0.05, 0.1) is 5.69 Å². The molecule has 20 heavy (non-hydrogen) atoms. The molecule has 0 saturated carbocycles. The van der Waals surface area contributed by atoms with Gasteiger partial charge in [-0.25, -0.2) is 0 Å². The van der Waals surface area contributed by atoms with E-state index < -0.39 is 14.0 Å². The topological polar surface area (TPSA) is 34.0 Å². The van der Waals surface area contributed by atoms with Crippen LogP contribution in [0.5, 0.6) is 0 Å². The van der Waals surface area contributed by atoms with Crippen LogP contribution in [0.25, 0.3) is 0 Å². The van der Waals surface area contributed by atoms with Crippen molar-refractivity contribution >= 4 is 14.0 Å². The van der Waals surface area contributed by atoms with Crippen molar-refractivity contribution in [1.29, 1.82) is 0 Å². The van der Waals surface area contributed by atoms with Crippen molar-refractivity contribution in [2.75, 3.05) is 0 Å². The zero-order valence-corrected chi connectivity index (χ0v) is 14.7. The van der Waals surface area contributed by atoms with Gasteiger partial charge in [-0.3, -0.25) is 0 Å². The zero-order valence-electron chi connectivity index (χ0n) is 13.7. The molecule has 2 rings (SSSR count). The molecule has 0 spiro atoms. The predicted octanol–water partition coefficient (Wildman–Crippen LogP) is 5.53. The second kappa shape index (κ2) is 4.50. The smallest absolute Gasteiger partial charge is 0.196 e. The summed E-state index contributed by atoms with van der Waals surface area (Å²) >= 11 is 0. The first-order valence-corrected chi connectivity index (χ1v) is 10.1. The Kier molecular flexibility index (Phi) is 3.46. The summed E-state index contributed by atoms with van der Waals surface area (Å²) in [6, 6.07) is 9.85. The molecule has 0 radical (unpaired) electrons. The molecule has 0 aromatic heterocycles. The Hall–Kier alpha value is -1.00. The van der Waals surface area contributed by atoms with Crippen LogP contribution in [-0.4, -0.2) is 14.0 Å². The lowest BCUT2D eigenvalue weighted by Crippen LogP contribution is -2.42. The van der Waals surface area contributed by atoms with E-state index in [9.17, 15) is 0 Å². The summed E-state index contributed by atoms with van der Waals surface area (Å²) in [5.74, 6) is 0. The molecule has 0 N–H and O–H groups in total. The standard InChI is InChI=1S/C16H26N2OSi/c1-14(2)15(3,4)20(6,7)19-16(14,5)18-17-13-11-9-8-10-12-13/h8-12H,1-7H3. The van der Waals surface area contributed by atoms with E-state index in [-0.39, 0.29) is 10.5 Å². The van der Waals surface area contributed by atoms with Crippen LogP contribution in [0, 0.1) is 5.41 Å². The molecule has 0 aliphatic carbocycles. The highest BCUT2D eigenvalue weighted by Gasteiger charge is 2.67. The molecule has 1 fully saturated rings. The van der Waals surface area contributed by atoms with Crippen molar-refractivity contribution in [3.63, 3.8) is 0 Å². The van der Waals surface area contributed by atoms with Crippen LogP contribution in [0.3, 0.4) is 0 Å². The van der Waals surface area contributed by atoms with Gasteiger partial charge in [0.2, 0.25) is 0 Å². The van der Waals surface area contributed by atoms with Crippen molar-refractivity contribution in [3.05, 3.63) is 30.3 Å². The highest BCUT2D eigenvalue weighted by Crippen LogP contribution is 2.65. The average molecular weight is 290 g/mol. The predicted molar refractivity (Wildman–Crippen MR) is 85.8 cm³/mol. The van der Waals surface area contributed by atoms with E-state index in [1.165, 1.54) is 0 Å². The first-order valence-electron chi connectivity index (χ1n) is 7.22. The van der Waals surface area contributed by atoms with Crippen molar-refractivity contribution in [2.45, 2.75) is 58.5 Å². The third-order valence-electron chi connectivity index (χ3n) is 5.79. The van der Waals surface area contributed by atoms with Crippen LogP contribution in [0.4, 0.5) is 5.69 Å². The third kappa shape index (κ3) is 2.06. The molecule has 0 bridgehead atoms. The number of nitrogens with zero attached hydrogens (tertiary/aromatic N) is 2. The molecular formula is C16H26N2OSi. The molecule has 1 aliphatic heterocycles. The summed E-state index contributed by atoms with van der Waals surface area (Å²) in [5, 5.41) is 9.15. The number of rotatable bonds is 2. The molecule has 3 nitrogen and oxygen atoms in total. The van der Waals surface area contributed by atoms with Crippen molar-refractivity contribution in [1.82, 2.24) is 0 Å². The Morgan fingerprint density at radius 3 is 1.95 bits per heavy atom. The molecule has 1 saturated heterocycles. The van der Waals surface area contributed by atoms with E-state index in [0.717, 1.165) is 5.69 Å². The van der Waals surface area contributed by atoms with Crippen molar-refractivity contribution < 1.29 is 4.43 Å². The van der Waals surface area contributed by atoms with Crippen LogP contribution in [0.1, 0.15) is 34.6 Å². The normalized spacial score (nSPS) is 30.8. The summed E-state index contributed by atoms with van der Waals surface area (Å²) in [5.41, 5.74) is 0.244. The monoisotopic (exact) mass is 290 g/mol. The van der Waals surface area contributed by atoms with Crippen LogP contribution in [0.2, 0.25) is 18.1 Å². The maximum Gasteiger partial charge on any atom is 0.196 e. The Morgan fingerprint density at radius 2 is 1.50 bits per heavy atom. The summed E-state index contributed by atoms with van der Waals surface area (Å²) < 4.78 is 6.47. The molecular weight excluding hydrogens is 264 g/mol. The van der Waals surface area contributed by atoms with Gasteiger partial charge in [0.1, 0.15) is 0 Å². The van der Waals surface area contributed by atoms with Crippen molar-refractivity contribution in [2.24, 2.45) is 15.6 Å². The SMILES string of the molecule is CC1(N=Nc2ccccc2)O[Si](C)(C)C(C)(C)C1(C)C. The minimum absolute atomic E-state index is 0.0615. The lowest BCUT2D eigenvalue weighted by atomic mass is 9.72. The first kappa shape index (κ1) is 15.4. The summed E-state index contributed by atoms with van der Waals surface area (Å²) in [4.78, 5) is 0. The summed E-state index contributed by atoms with van der Waals surface area (Å²) in [7, 11) is -1.83. The lowest BCUT2D eigenvalue weighted by Gasteiger charge is -2.42. The van der Waals surface area contributed by atoms with Gasteiger partial charge >= 0.3 is 0 Å². The Labute approximate surface area is 123 Å². The van der Waals surface area contributed by atoms with Crippen LogP contribution >= 0.6 is 0 Å². The number of hydrogen-bond acceptors (Lipinski definition) is 3. The molecule has 0 amide bonds. The molecule has 1 aromatic rings. The lowest BCUT2D eigenvalue weighted by molar-refractivity contribution is -0.00126. The molecule has 110 valence electrons. The third-order valence-corrected chi connectivity index (χ3v) is 10.3. The minimum atomic E-state index is -1.83. The Balaban J connectivity index is 2.39. The van der Waals surface area contributed by atoms with Gasteiger partial charge in [-0.15, -0.1) is 0 Å². The number of azo groups is 1. The highest BCUT2D eigenvalue weighted by atomic mass is 28.4. The van der Waals surface area contributed by atoms with E-state index in [0.29, 0.717) is 0 Å². The van der Waals surface area contributed by atoms with Gasteiger partial charge in [-0.05, 0) is 37.2 Å². The van der Waals surface area contributed by atoms with Gasteiger partial charge in [-0.2, -0.15) is 10.2 Å². The molecule has 1 unspecified atom stereocenters. The van der Waals surface area contributed by atoms with E-state index in [2.05, 4.69) is 57.9 Å². The molecule has 1 atom stereocenters. The fourth-order valence-electron chi connectivity index (χ4n) is 2.88. The van der Waals surface area contributed by atoms with E-state index in [4.69, 9.17) is 4.43 Å². The summed E-state index contributed by atoms with van der Waals surface area (Å²) in [6.07, 6.45) is 0. The second-order valence-electron chi connectivity index (χ2n) is 7.38. The molecule has 1 aliphatic rings. The molecule has 1 heterocycles. The highest BCUT2D eigenvalue weighted by molar-refractivity contribution is 6.75. The van der Waals surface area contributed by atoms with Crippen LogP contribution in [-0.2, 0) is 4.43 Å². The maximum atomic E-state index is 6.47. The average Bonchev–Trinajstić information content (AvgIpc) is 2.45. The van der Waals surface area contributed by atoms with Gasteiger partial charge in [0, 0.05) is 5.41 Å². The minimum Gasteiger partial charge on any atom is -0.392 e. The largest absolute Gasteiger partial charge is 0.392 e. The Morgan fingerprint density at radius 1 is 0.950 bits per heavy atom. The number of benzene rings is 1. The van der Waals surface area contributed by atoms with Crippen LogP contribution in [0.15, 0.2) is 40.6 Å².